The van der Waals surface area contributed by atoms with E-state index in [-0.39, 0.29) is 24.4 Å². The van der Waals surface area contributed by atoms with Crippen molar-refractivity contribution < 1.29 is 4.79 Å². The quantitative estimate of drug-likeness (QED) is 0.749. The minimum atomic E-state index is 0. The Balaban J connectivity index is 0.00000210. The third kappa shape index (κ3) is 3.64. The van der Waals surface area contributed by atoms with Crippen molar-refractivity contribution in [2.75, 3.05) is 13.1 Å². The van der Waals surface area contributed by atoms with Gasteiger partial charge in [0.25, 0.3) is 0 Å². The second-order valence-electron chi connectivity index (χ2n) is 7.23. The van der Waals surface area contributed by atoms with Crippen LogP contribution in [0.15, 0.2) is 24.3 Å². The number of benzene rings is 1. The largest absolute Gasteiger partial charge is 0.343 e. The van der Waals surface area contributed by atoms with Crippen LogP contribution in [0.1, 0.15) is 36.2 Å². The third-order valence-corrected chi connectivity index (χ3v) is 5.50. The Bertz CT molecular complexity index is 975. The van der Waals surface area contributed by atoms with E-state index in [1.54, 1.807) is 0 Å². The van der Waals surface area contributed by atoms with Crippen molar-refractivity contribution >= 4 is 34.9 Å². The van der Waals surface area contributed by atoms with Crippen molar-refractivity contribution in [3.63, 3.8) is 0 Å². The fraction of sp³-hybridized carbons (Fsp3) is 0.450. The summed E-state index contributed by atoms with van der Waals surface area (Å²) in [7, 11) is 0. The molecule has 1 aliphatic rings. The van der Waals surface area contributed by atoms with Crippen LogP contribution in [0, 0.1) is 13.8 Å². The highest BCUT2D eigenvalue weighted by Gasteiger charge is 2.21. The zero-order valence-corrected chi connectivity index (χ0v) is 16.6. The highest BCUT2D eigenvalue weighted by Crippen LogP contribution is 2.23. The number of amides is 1. The molecule has 0 aliphatic carbocycles. The molecule has 0 spiro atoms. The second kappa shape index (κ2) is 7.82. The Labute approximate surface area is 165 Å². The molecule has 0 saturated carbocycles. The van der Waals surface area contributed by atoms with Gasteiger partial charge in [0.1, 0.15) is 0 Å². The van der Waals surface area contributed by atoms with Gasteiger partial charge in [-0.1, -0.05) is 12.1 Å². The van der Waals surface area contributed by atoms with E-state index in [4.69, 9.17) is 10.7 Å². The summed E-state index contributed by atoms with van der Waals surface area (Å²) >= 11 is 0. The Morgan fingerprint density at radius 3 is 2.67 bits per heavy atom. The van der Waals surface area contributed by atoms with E-state index in [0.29, 0.717) is 12.8 Å². The summed E-state index contributed by atoms with van der Waals surface area (Å²) in [5.74, 6) is 0.210. The lowest BCUT2D eigenvalue weighted by Crippen LogP contribution is -2.42. The average molecular weight is 388 g/mol. The summed E-state index contributed by atoms with van der Waals surface area (Å²) in [5, 5.41) is 5.75. The molecular weight excluding hydrogens is 362 g/mol. The molecule has 3 heterocycles. The number of fused-ring (bicyclic) bond motifs is 3. The molecule has 1 amide bonds. The number of halogens is 1. The summed E-state index contributed by atoms with van der Waals surface area (Å²) in [6, 6.07) is 8.29. The first-order valence-electron chi connectivity index (χ1n) is 9.31. The van der Waals surface area contributed by atoms with E-state index in [2.05, 4.69) is 12.0 Å². The molecule has 3 aromatic rings. The maximum absolute atomic E-state index is 12.5. The SMILES string of the molecule is Cc1nc2c3ccccc3nn2c(C)c1CCC(=O)N1CCC(N)CC1.Cl. The lowest BCUT2D eigenvalue weighted by atomic mass is 10.0. The Kier molecular flexibility index (Phi) is 5.67. The zero-order valence-electron chi connectivity index (χ0n) is 15.8. The number of hydrogen-bond acceptors (Lipinski definition) is 4. The normalized spacial score (nSPS) is 15.3. The standard InChI is InChI=1S/C20H25N5O.ClH/c1-13-16(7-8-19(26)24-11-9-15(21)10-12-24)14(2)25-20(22-13)17-5-3-4-6-18(17)23-25;/h3-6,15H,7-12,21H2,1-2H3;1H. The number of aromatic nitrogens is 3. The van der Waals surface area contributed by atoms with Crippen molar-refractivity contribution in [3.8, 4) is 0 Å². The first kappa shape index (κ1) is 19.6. The van der Waals surface area contributed by atoms with Crippen molar-refractivity contribution in [2.24, 2.45) is 5.73 Å². The number of hydrogen-bond donors (Lipinski definition) is 1. The van der Waals surface area contributed by atoms with Crippen LogP contribution in [-0.2, 0) is 11.2 Å². The molecule has 0 radical (unpaired) electrons. The number of rotatable bonds is 3. The molecular formula is C20H26ClN5O. The van der Waals surface area contributed by atoms with Crippen LogP contribution in [0.5, 0.6) is 0 Å². The van der Waals surface area contributed by atoms with Crippen LogP contribution in [-0.4, -0.2) is 44.5 Å². The van der Waals surface area contributed by atoms with E-state index in [0.717, 1.165) is 59.4 Å². The highest BCUT2D eigenvalue weighted by atomic mass is 35.5. The van der Waals surface area contributed by atoms with Gasteiger partial charge >= 0.3 is 0 Å². The monoisotopic (exact) mass is 387 g/mol. The van der Waals surface area contributed by atoms with Crippen molar-refractivity contribution in [1.82, 2.24) is 19.5 Å². The number of likely N-dealkylation sites (tertiary alicyclic amines) is 1. The van der Waals surface area contributed by atoms with Gasteiger partial charge in [0.15, 0.2) is 5.65 Å². The van der Waals surface area contributed by atoms with Crippen LogP contribution >= 0.6 is 12.4 Å². The van der Waals surface area contributed by atoms with Gasteiger partial charge in [0, 0.05) is 42.3 Å². The minimum absolute atomic E-state index is 0. The number of carbonyl (C=O) groups is 1. The molecule has 2 aromatic heterocycles. The minimum Gasteiger partial charge on any atom is -0.343 e. The van der Waals surface area contributed by atoms with Crippen LogP contribution in [0.2, 0.25) is 0 Å². The molecule has 7 heteroatoms. The van der Waals surface area contributed by atoms with Crippen LogP contribution in [0.25, 0.3) is 16.6 Å². The summed E-state index contributed by atoms with van der Waals surface area (Å²) in [5.41, 5.74) is 10.9. The lowest BCUT2D eigenvalue weighted by Gasteiger charge is -2.30. The molecule has 27 heavy (non-hydrogen) atoms. The fourth-order valence-corrected chi connectivity index (χ4v) is 3.88. The predicted molar refractivity (Wildman–Crippen MR) is 109 cm³/mol. The second-order valence-corrected chi connectivity index (χ2v) is 7.23. The molecule has 0 bridgehead atoms. The number of aryl methyl sites for hydroxylation is 2. The summed E-state index contributed by atoms with van der Waals surface area (Å²) in [6.07, 6.45) is 3.00. The number of nitrogens with two attached hydrogens (primary N) is 1. The molecule has 6 nitrogen and oxygen atoms in total. The summed E-state index contributed by atoms with van der Waals surface area (Å²) < 4.78 is 1.91. The molecule has 144 valence electrons. The van der Waals surface area contributed by atoms with Gasteiger partial charge in [-0.3, -0.25) is 4.79 Å². The van der Waals surface area contributed by atoms with Crippen molar-refractivity contribution in [3.05, 3.63) is 41.2 Å². The third-order valence-electron chi connectivity index (χ3n) is 5.50. The van der Waals surface area contributed by atoms with Gasteiger partial charge in [0.2, 0.25) is 5.91 Å². The summed E-state index contributed by atoms with van der Waals surface area (Å²) in [4.78, 5) is 19.3. The smallest absolute Gasteiger partial charge is 0.222 e. The fourth-order valence-electron chi connectivity index (χ4n) is 3.88. The molecule has 1 fully saturated rings. The van der Waals surface area contributed by atoms with Gasteiger partial charge in [0.05, 0.1) is 5.52 Å². The van der Waals surface area contributed by atoms with E-state index in [1.807, 2.05) is 40.6 Å². The molecule has 1 saturated heterocycles. The maximum atomic E-state index is 12.5. The van der Waals surface area contributed by atoms with Gasteiger partial charge < -0.3 is 10.6 Å². The van der Waals surface area contributed by atoms with Gasteiger partial charge in [-0.15, -0.1) is 12.4 Å². The van der Waals surface area contributed by atoms with Crippen LogP contribution < -0.4 is 5.73 Å². The zero-order chi connectivity index (χ0) is 18.3. The van der Waals surface area contributed by atoms with Crippen molar-refractivity contribution in [2.45, 2.75) is 45.6 Å². The van der Waals surface area contributed by atoms with Gasteiger partial charge in [-0.05, 0) is 50.8 Å². The Hall–Kier alpha value is -2.18. The van der Waals surface area contributed by atoms with E-state index in [9.17, 15) is 4.79 Å². The van der Waals surface area contributed by atoms with Crippen molar-refractivity contribution in [1.29, 1.82) is 0 Å². The maximum Gasteiger partial charge on any atom is 0.222 e. The van der Waals surface area contributed by atoms with E-state index in [1.165, 1.54) is 0 Å². The molecule has 0 atom stereocenters. The first-order valence-corrected chi connectivity index (χ1v) is 9.31. The van der Waals surface area contributed by atoms with E-state index < -0.39 is 0 Å². The van der Waals surface area contributed by atoms with Crippen LogP contribution in [0.4, 0.5) is 0 Å². The lowest BCUT2D eigenvalue weighted by molar-refractivity contribution is -0.132. The Morgan fingerprint density at radius 1 is 1.22 bits per heavy atom. The molecule has 4 rings (SSSR count). The molecule has 1 aromatic carbocycles. The van der Waals surface area contributed by atoms with E-state index >= 15 is 0 Å². The molecule has 2 N–H and O–H groups in total. The Morgan fingerprint density at radius 2 is 1.93 bits per heavy atom. The van der Waals surface area contributed by atoms with Gasteiger partial charge in [-0.25, -0.2) is 9.50 Å². The molecule has 1 aliphatic heterocycles. The van der Waals surface area contributed by atoms with Gasteiger partial charge in [-0.2, -0.15) is 5.10 Å². The summed E-state index contributed by atoms with van der Waals surface area (Å²) in [6.45, 7) is 5.64. The molecule has 0 unspecified atom stereocenters. The number of piperidine rings is 1. The highest BCUT2D eigenvalue weighted by molar-refractivity contribution is 5.92. The topological polar surface area (TPSA) is 76.5 Å². The predicted octanol–water partition coefficient (Wildman–Crippen LogP) is 2.80. The van der Waals surface area contributed by atoms with Crippen LogP contribution in [0.3, 0.4) is 0 Å². The number of carbonyl (C=O) groups excluding carboxylic acids is 1. The average Bonchev–Trinajstić information content (AvgIpc) is 3.01. The number of nitrogens with zero attached hydrogens (tertiary/aromatic N) is 4. The first-order chi connectivity index (χ1) is 12.5.